The van der Waals surface area contributed by atoms with Gasteiger partial charge in [-0.25, -0.2) is 0 Å². The van der Waals surface area contributed by atoms with E-state index in [9.17, 15) is 29.1 Å². The summed E-state index contributed by atoms with van der Waals surface area (Å²) in [6.07, 6.45) is 1.63. The van der Waals surface area contributed by atoms with Crippen molar-refractivity contribution in [2.24, 2.45) is 0 Å². The Labute approximate surface area is 346 Å². The molecule has 17 heteroatoms. The molecule has 332 valence electrons. The van der Waals surface area contributed by atoms with Crippen molar-refractivity contribution in [2.75, 3.05) is 91.4 Å². The van der Waals surface area contributed by atoms with Crippen LogP contribution < -0.4 is 0 Å². The van der Waals surface area contributed by atoms with E-state index >= 15 is 0 Å². The Kier molecular flexibility index (Phi) is 20.9. The van der Waals surface area contributed by atoms with E-state index in [4.69, 9.17) is 23.3 Å². The fourth-order valence-corrected chi connectivity index (χ4v) is 8.12. The molecule has 1 aromatic carbocycles. The zero-order valence-corrected chi connectivity index (χ0v) is 38.0. The van der Waals surface area contributed by atoms with Gasteiger partial charge in [0, 0.05) is 64.5 Å². The molecular weight excluding hydrogens is 769 g/mol. The van der Waals surface area contributed by atoms with Crippen molar-refractivity contribution in [3.8, 4) is 0 Å². The van der Waals surface area contributed by atoms with Crippen LogP contribution in [0, 0.1) is 10.1 Å². The van der Waals surface area contributed by atoms with E-state index in [0.717, 1.165) is 5.56 Å². The number of non-ortho nitro benzene ring substituents is 1. The van der Waals surface area contributed by atoms with Crippen LogP contribution in [0.3, 0.4) is 0 Å². The predicted molar refractivity (Wildman–Crippen MR) is 224 cm³/mol. The highest BCUT2D eigenvalue weighted by Gasteiger charge is 2.32. The summed E-state index contributed by atoms with van der Waals surface area (Å²) in [6, 6.07) is 5.61. The molecule has 0 amide bonds. The van der Waals surface area contributed by atoms with Crippen molar-refractivity contribution in [3.05, 3.63) is 39.9 Å². The lowest BCUT2D eigenvalue weighted by Gasteiger charge is -2.37. The zero-order valence-electron chi connectivity index (χ0n) is 37.1. The number of hydrogen-bond acceptors (Lipinski definition) is 15. The first-order chi connectivity index (χ1) is 26.9. The molecule has 0 aliphatic carbocycles. The largest absolute Gasteiger partial charge is 0.459 e. The number of nitro groups is 1. The third-order valence-corrected chi connectivity index (χ3v) is 11.1. The van der Waals surface area contributed by atoms with Gasteiger partial charge in [-0.15, -0.1) is 0 Å². The van der Waals surface area contributed by atoms with E-state index in [1.807, 2.05) is 72.1 Å². The smallest absolute Gasteiger partial charge is 0.330 e. The van der Waals surface area contributed by atoms with Gasteiger partial charge in [0.25, 0.3) is 5.69 Å². The molecule has 1 aromatic rings. The summed E-state index contributed by atoms with van der Waals surface area (Å²) in [5.41, 5.74) is -1.28. The number of aryl methyl sites for hydroxylation is 1. The van der Waals surface area contributed by atoms with Crippen LogP contribution in [0.2, 0.25) is 0 Å². The van der Waals surface area contributed by atoms with Gasteiger partial charge in [0.05, 0.1) is 37.4 Å². The third-order valence-electron chi connectivity index (χ3n) is 8.95. The Hall–Kier alpha value is -2.98. The van der Waals surface area contributed by atoms with Crippen LogP contribution in [0.15, 0.2) is 24.3 Å². The molecule has 1 heterocycles. The number of esters is 3. The molecule has 2 rings (SSSR count). The number of hydrogen-bond donors (Lipinski definition) is 0. The van der Waals surface area contributed by atoms with Crippen LogP contribution in [0.5, 0.6) is 0 Å². The number of ether oxygens (including phenoxy) is 3. The summed E-state index contributed by atoms with van der Waals surface area (Å²) in [6.45, 7) is 24.9. The molecule has 0 radical (unpaired) electrons. The number of benzene rings is 1. The number of carbonyl (C=O) groups is 3. The zero-order chi connectivity index (χ0) is 43.7. The minimum absolute atomic E-state index is 0.0137. The molecule has 1 aliphatic rings. The van der Waals surface area contributed by atoms with Gasteiger partial charge < -0.3 is 28.2 Å². The molecule has 58 heavy (non-hydrogen) atoms. The standard InChI is InChI=1S/C41H72N5O11P/c1-12-53-58(52,54-13-2)30-14-21-42-22-24-43(31-36(47)55-39(3,4)5)26-28-45(29-27-44(25-23-42)32-37(48)56-40(6,7)8)35(38(49)57-41(9,10)11)20-17-33-15-18-34(19-16-33)46(50)51/h15-16,18-19,35H,12-14,17,20-32H2,1-11H3. The molecule has 0 spiro atoms. The van der Waals surface area contributed by atoms with E-state index in [-0.39, 0.29) is 50.1 Å². The van der Waals surface area contributed by atoms with E-state index in [1.54, 1.807) is 26.0 Å². The van der Waals surface area contributed by atoms with E-state index in [1.165, 1.54) is 12.1 Å². The maximum Gasteiger partial charge on any atom is 0.330 e. The summed E-state index contributed by atoms with van der Waals surface area (Å²) in [7, 11) is -3.25. The highest BCUT2D eigenvalue weighted by molar-refractivity contribution is 7.53. The predicted octanol–water partition coefficient (Wildman–Crippen LogP) is 5.80. The van der Waals surface area contributed by atoms with Crippen molar-refractivity contribution < 1.29 is 47.1 Å². The molecule has 1 unspecified atom stereocenters. The van der Waals surface area contributed by atoms with Crippen molar-refractivity contribution >= 4 is 31.2 Å². The van der Waals surface area contributed by atoms with Gasteiger partial charge >= 0.3 is 25.5 Å². The van der Waals surface area contributed by atoms with Crippen LogP contribution in [0.25, 0.3) is 0 Å². The van der Waals surface area contributed by atoms with Crippen molar-refractivity contribution in [1.82, 2.24) is 19.6 Å². The van der Waals surface area contributed by atoms with Crippen molar-refractivity contribution in [3.63, 3.8) is 0 Å². The fraction of sp³-hybridized carbons (Fsp3) is 0.780. The Morgan fingerprint density at radius 2 is 1.14 bits per heavy atom. The number of nitrogens with zero attached hydrogens (tertiary/aromatic N) is 5. The van der Waals surface area contributed by atoms with Gasteiger partial charge in [0.15, 0.2) is 0 Å². The average molecular weight is 842 g/mol. The minimum Gasteiger partial charge on any atom is -0.459 e. The lowest BCUT2D eigenvalue weighted by molar-refractivity contribution is -0.384. The SMILES string of the molecule is CCOP(=O)(CCCN1CCN(CC(=O)OC(C)(C)C)CCN(C(CCc2ccc([N+](=O)[O-])cc2)C(=O)OC(C)(C)C)CCN(CC(=O)OC(C)(C)C)CC1)OCC. The Bertz CT molecular complexity index is 1430. The lowest BCUT2D eigenvalue weighted by atomic mass is 10.0. The third kappa shape index (κ3) is 21.3. The number of carbonyl (C=O) groups excluding carboxylic acids is 3. The summed E-state index contributed by atoms with van der Waals surface area (Å²) < 4.78 is 41.7. The second-order valence-electron chi connectivity index (χ2n) is 17.6. The normalized spacial score (nSPS) is 17.2. The maximum atomic E-state index is 14.1. The van der Waals surface area contributed by atoms with Gasteiger partial charge in [-0.3, -0.25) is 43.8 Å². The topological polar surface area (TPSA) is 171 Å². The average Bonchev–Trinajstić information content (AvgIpc) is 3.06. The highest BCUT2D eigenvalue weighted by Crippen LogP contribution is 2.48. The summed E-state index contributed by atoms with van der Waals surface area (Å²) >= 11 is 0. The molecule has 1 saturated heterocycles. The van der Waals surface area contributed by atoms with Crippen LogP contribution in [0.1, 0.15) is 94.6 Å². The molecule has 1 atom stereocenters. The van der Waals surface area contributed by atoms with Gasteiger partial charge in [-0.05, 0) is 108 Å². The monoisotopic (exact) mass is 841 g/mol. The van der Waals surface area contributed by atoms with Gasteiger partial charge in [0.2, 0.25) is 0 Å². The molecular formula is C41H72N5O11P. The van der Waals surface area contributed by atoms with Crippen molar-refractivity contribution in [1.29, 1.82) is 0 Å². The second-order valence-corrected chi connectivity index (χ2v) is 19.8. The molecule has 0 aromatic heterocycles. The van der Waals surface area contributed by atoms with Crippen LogP contribution in [-0.4, -0.2) is 157 Å². The Morgan fingerprint density at radius 3 is 1.55 bits per heavy atom. The summed E-state index contributed by atoms with van der Waals surface area (Å²) in [5, 5.41) is 11.3. The molecule has 1 fully saturated rings. The highest BCUT2D eigenvalue weighted by atomic mass is 31.2. The summed E-state index contributed by atoms with van der Waals surface area (Å²) in [5.74, 6) is -1.13. The molecule has 0 N–H and O–H groups in total. The van der Waals surface area contributed by atoms with E-state index in [2.05, 4.69) is 9.80 Å². The molecule has 0 bridgehead atoms. The van der Waals surface area contributed by atoms with Crippen LogP contribution >= 0.6 is 7.60 Å². The first-order valence-corrected chi connectivity index (χ1v) is 22.3. The van der Waals surface area contributed by atoms with Gasteiger partial charge in [-0.2, -0.15) is 0 Å². The number of rotatable bonds is 18. The number of nitro benzene ring substituents is 1. The van der Waals surface area contributed by atoms with E-state index < -0.39 is 41.3 Å². The van der Waals surface area contributed by atoms with Crippen molar-refractivity contribution in [2.45, 2.75) is 118 Å². The lowest BCUT2D eigenvalue weighted by Crippen LogP contribution is -2.52. The van der Waals surface area contributed by atoms with Gasteiger partial charge in [-0.1, -0.05) is 12.1 Å². The van der Waals surface area contributed by atoms with Gasteiger partial charge in [0.1, 0.15) is 22.8 Å². The molecule has 1 aliphatic heterocycles. The fourth-order valence-electron chi connectivity index (χ4n) is 6.47. The molecule has 0 saturated carbocycles. The maximum absolute atomic E-state index is 14.1. The Balaban J connectivity index is 2.51. The molecule has 16 nitrogen and oxygen atoms in total. The first kappa shape index (κ1) is 51.2. The minimum atomic E-state index is -3.25. The van der Waals surface area contributed by atoms with Crippen LogP contribution in [-0.2, 0) is 48.6 Å². The second kappa shape index (κ2) is 23.7. The quantitative estimate of drug-likeness (QED) is 0.0571. The first-order valence-electron chi connectivity index (χ1n) is 20.6. The van der Waals surface area contributed by atoms with Crippen LogP contribution in [0.4, 0.5) is 5.69 Å². The summed E-state index contributed by atoms with van der Waals surface area (Å²) in [4.78, 5) is 59.7. The van der Waals surface area contributed by atoms with E-state index in [0.29, 0.717) is 78.2 Å². The Morgan fingerprint density at radius 1 is 0.707 bits per heavy atom.